The van der Waals surface area contributed by atoms with Crippen molar-refractivity contribution in [3.63, 3.8) is 0 Å². The Hall–Kier alpha value is -2.01. The molecular formula is C18H21BrN2O2. The summed E-state index contributed by atoms with van der Waals surface area (Å²) in [4.78, 5) is 11.9. The van der Waals surface area contributed by atoms with Crippen LogP contribution in [0.25, 0.3) is 0 Å². The highest BCUT2D eigenvalue weighted by molar-refractivity contribution is 9.10. The number of anilines is 1. The Balaban J connectivity index is 1.72. The summed E-state index contributed by atoms with van der Waals surface area (Å²) < 4.78 is 6.16. The summed E-state index contributed by atoms with van der Waals surface area (Å²) in [5.74, 6) is 0.845. The zero-order chi connectivity index (χ0) is 16.7. The van der Waals surface area contributed by atoms with Gasteiger partial charge >= 0.3 is 0 Å². The summed E-state index contributed by atoms with van der Waals surface area (Å²) in [6.07, 6.45) is 0.436. The molecule has 2 N–H and O–H groups in total. The Labute approximate surface area is 145 Å². The normalized spacial score (nSPS) is 10.2. The van der Waals surface area contributed by atoms with Crippen LogP contribution >= 0.6 is 15.9 Å². The smallest absolute Gasteiger partial charge is 0.222 e. The molecule has 0 unspecified atom stereocenters. The lowest BCUT2D eigenvalue weighted by molar-refractivity contribution is -0.121. The van der Waals surface area contributed by atoms with E-state index in [9.17, 15) is 4.79 Å². The second-order valence-corrected chi connectivity index (χ2v) is 6.18. The molecule has 4 nitrogen and oxygen atoms in total. The molecule has 0 saturated heterocycles. The van der Waals surface area contributed by atoms with E-state index in [4.69, 9.17) is 4.74 Å². The lowest BCUT2D eigenvalue weighted by Gasteiger charge is -2.10. The number of aryl methyl sites for hydroxylation is 1. The minimum atomic E-state index is 0.0306. The molecule has 2 aromatic rings. The molecule has 0 fully saturated rings. The van der Waals surface area contributed by atoms with Crippen LogP contribution in [0.1, 0.15) is 17.5 Å². The maximum absolute atomic E-state index is 11.9. The Morgan fingerprint density at radius 1 is 1.17 bits per heavy atom. The van der Waals surface area contributed by atoms with Crippen molar-refractivity contribution >= 4 is 27.5 Å². The van der Waals surface area contributed by atoms with Gasteiger partial charge in [-0.15, -0.1) is 0 Å². The predicted molar refractivity (Wildman–Crippen MR) is 96.8 cm³/mol. The quantitative estimate of drug-likeness (QED) is 0.770. The first-order valence-electron chi connectivity index (χ1n) is 7.48. The third-order valence-corrected chi connectivity index (χ3v) is 4.00. The maximum atomic E-state index is 11.9. The van der Waals surface area contributed by atoms with Crippen molar-refractivity contribution < 1.29 is 9.53 Å². The van der Waals surface area contributed by atoms with E-state index in [1.54, 1.807) is 7.11 Å². The Morgan fingerprint density at radius 2 is 1.91 bits per heavy atom. The third-order valence-electron chi connectivity index (χ3n) is 3.50. The number of nitrogens with one attached hydrogen (secondary N) is 2. The molecule has 1 amide bonds. The number of benzene rings is 2. The fourth-order valence-corrected chi connectivity index (χ4v) is 2.64. The van der Waals surface area contributed by atoms with Crippen LogP contribution in [0.4, 0.5) is 5.69 Å². The highest BCUT2D eigenvalue weighted by atomic mass is 79.9. The molecule has 5 heteroatoms. The van der Waals surface area contributed by atoms with Crippen LogP contribution in [0, 0.1) is 6.92 Å². The van der Waals surface area contributed by atoms with Crippen LogP contribution in [0.3, 0.4) is 0 Å². The van der Waals surface area contributed by atoms with Crippen molar-refractivity contribution in [1.82, 2.24) is 5.32 Å². The molecule has 0 aliphatic carbocycles. The van der Waals surface area contributed by atoms with E-state index < -0.39 is 0 Å². The number of methoxy groups -OCH3 is 1. The highest BCUT2D eigenvalue weighted by Crippen LogP contribution is 2.19. The lowest BCUT2D eigenvalue weighted by atomic mass is 10.2. The van der Waals surface area contributed by atoms with Crippen molar-refractivity contribution in [1.29, 1.82) is 0 Å². The monoisotopic (exact) mass is 376 g/mol. The van der Waals surface area contributed by atoms with Gasteiger partial charge in [0.25, 0.3) is 0 Å². The second kappa shape index (κ2) is 8.58. The third kappa shape index (κ3) is 5.60. The first-order valence-corrected chi connectivity index (χ1v) is 8.27. The standard InChI is InChI=1S/C18H21BrN2O2/c1-13-11-15(19)5-8-17(13)20-10-9-18(22)21-12-14-3-6-16(23-2)7-4-14/h3-8,11,20H,9-10,12H2,1-2H3,(H,21,22). The van der Waals surface area contributed by atoms with E-state index in [0.717, 1.165) is 27.0 Å². The first-order chi connectivity index (χ1) is 11.1. The van der Waals surface area contributed by atoms with Gasteiger partial charge in [0.15, 0.2) is 0 Å². The highest BCUT2D eigenvalue weighted by Gasteiger charge is 2.03. The van der Waals surface area contributed by atoms with Crippen molar-refractivity contribution in [3.8, 4) is 5.75 Å². The van der Waals surface area contributed by atoms with Gasteiger partial charge < -0.3 is 15.4 Å². The number of carbonyl (C=O) groups excluding carboxylic acids is 1. The molecule has 0 bridgehead atoms. The van der Waals surface area contributed by atoms with Crippen LogP contribution in [0.2, 0.25) is 0 Å². The van der Waals surface area contributed by atoms with Gasteiger partial charge in [0.05, 0.1) is 7.11 Å². The summed E-state index contributed by atoms with van der Waals surface area (Å²) in [7, 11) is 1.64. The number of rotatable bonds is 7. The molecule has 0 aliphatic heterocycles. The zero-order valence-electron chi connectivity index (χ0n) is 13.4. The lowest BCUT2D eigenvalue weighted by Crippen LogP contribution is -2.24. The van der Waals surface area contributed by atoms with Crippen molar-refractivity contribution in [2.24, 2.45) is 0 Å². The molecule has 2 aromatic carbocycles. The molecule has 122 valence electrons. The molecule has 0 spiro atoms. The average Bonchev–Trinajstić information content (AvgIpc) is 2.55. The van der Waals surface area contributed by atoms with E-state index in [1.165, 1.54) is 0 Å². The molecule has 0 atom stereocenters. The van der Waals surface area contributed by atoms with Gasteiger partial charge in [-0.1, -0.05) is 28.1 Å². The van der Waals surface area contributed by atoms with E-state index >= 15 is 0 Å². The van der Waals surface area contributed by atoms with Gasteiger partial charge in [-0.3, -0.25) is 4.79 Å². The summed E-state index contributed by atoms with van der Waals surface area (Å²) >= 11 is 3.44. The van der Waals surface area contributed by atoms with Crippen LogP contribution in [-0.2, 0) is 11.3 Å². The fraction of sp³-hybridized carbons (Fsp3) is 0.278. The Kier molecular flexibility index (Phi) is 6.47. The van der Waals surface area contributed by atoms with Gasteiger partial charge in [-0.05, 0) is 48.4 Å². The summed E-state index contributed by atoms with van der Waals surface area (Å²) in [5, 5.41) is 6.21. The van der Waals surface area contributed by atoms with Crippen LogP contribution in [-0.4, -0.2) is 19.6 Å². The summed E-state index contributed by atoms with van der Waals surface area (Å²) in [5.41, 5.74) is 3.25. The maximum Gasteiger partial charge on any atom is 0.222 e. The first kappa shape index (κ1) is 17.3. The molecular weight excluding hydrogens is 356 g/mol. The second-order valence-electron chi connectivity index (χ2n) is 5.26. The summed E-state index contributed by atoms with van der Waals surface area (Å²) in [6.45, 7) is 3.17. The minimum absolute atomic E-state index is 0.0306. The van der Waals surface area contributed by atoms with E-state index in [2.05, 4.69) is 26.6 Å². The van der Waals surface area contributed by atoms with Crippen LogP contribution in [0.15, 0.2) is 46.9 Å². The van der Waals surface area contributed by atoms with E-state index in [0.29, 0.717) is 19.5 Å². The average molecular weight is 377 g/mol. The van der Waals surface area contributed by atoms with Crippen molar-refractivity contribution in [3.05, 3.63) is 58.1 Å². The Bertz CT molecular complexity index is 657. The van der Waals surface area contributed by atoms with Gasteiger partial charge in [0, 0.05) is 29.7 Å². The molecule has 23 heavy (non-hydrogen) atoms. The molecule has 0 heterocycles. The van der Waals surface area contributed by atoms with Gasteiger partial charge in [-0.25, -0.2) is 0 Å². The SMILES string of the molecule is COc1ccc(CNC(=O)CCNc2ccc(Br)cc2C)cc1. The predicted octanol–water partition coefficient (Wildman–Crippen LogP) is 3.88. The largest absolute Gasteiger partial charge is 0.497 e. The number of ether oxygens (including phenoxy) is 1. The summed E-state index contributed by atoms with van der Waals surface area (Å²) in [6, 6.07) is 13.7. The molecule has 0 radical (unpaired) electrons. The molecule has 2 rings (SSSR count). The fourth-order valence-electron chi connectivity index (χ4n) is 2.17. The van der Waals surface area contributed by atoms with Gasteiger partial charge in [-0.2, -0.15) is 0 Å². The van der Waals surface area contributed by atoms with E-state index in [1.807, 2.05) is 49.4 Å². The molecule has 0 aromatic heterocycles. The van der Waals surface area contributed by atoms with Gasteiger partial charge in [0.1, 0.15) is 5.75 Å². The minimum Gasteiger partial charge on any atom is -0.497 e. The Morgan fingerprint density at radius 3 is 2.57 bits per heavy atom. The number of hydrogen-bond donors (Lipinski definition) is 2. The number of halogens is 1. The van der Waals surface area contributed by atoms with Crippen molar-refractivity contribution in [2.75, 3.05) is 19.0 Å². The molecule has 0 aliphatic rings. The number of carbonyl (C=O) groups is 1. The van der Waals surface area contributed by atoms with E-state index in [-0.39, 0.29) is 5.91 Å². The van der Waals surface area contributed by atoms with Crippen LogP contribution in [0.5, 0.6) is 5.75 Å². The molecule has 0 saturated carbocycles. The van der Waals surface area contributed by atoms with Crippen LogP contribution < -0.4 is 15.4 Å². The number of amides is 1. The van der Waals surface area contributed by atoms with Crippen molar-refractivity contribution in [2.45, 2.75) is 19.9 Å². The topological polar surface area (TPSA) is 50.4 Å². The zero-order valence-corrected chi connectivity index (χ0v) is 14.9. The number of hydrogen-bond acceptors (Lipinski definition) is 3. The van der Waals surface area contributed by atoms with Gasteiger partial charge in [0.2, 0.25) is 5.91 Å².